The standard InChI is InChI=1S/C31H39N5O7S/c1-42-21-9-12-24-19(15-21)13-14-33-28(24)43-22-16-26-27(37)34-31(30(39)35-44(40,41)23-10-11-23)17-20(31)7-5-3-2-4-6-8-25(32)29(38)36(26)18-22/h5,7,9,12-15,20,22-23,25-26H,2-4,6,8,10-11,16-18,32H2,1H3,(H,34,37)(H,35,39)/b7-5-/t20?,22-,25+,26+,31-/m1/s1. The number of pyridine rings is 1. The van der Waals surface area contributed by atoms with Crippen LogP contribution in [0.5, 0.6) is 11.6 Å². The average Bonchev–Trinajstić information content (AvgIpc) is 3.93. The molecule has 3 amide bonds. The number of methoxy groups -OCH3 is 1. The summed E-state index contributed by atoms with van der Waals surface area (Å²) in [7, 11) is -2.23. The molecular weight excluding hydrogens is 586 g/mol. The molecule has 1 unspecified atom stereocenters. The number of benzene rings is 1. The highest BCUT2D eigenvalue weighted by molar-refractivity contribution is 7.91. The van der Waals surface area contributed by atoms with Crippen LogP contribution in [0.25, 0.3) is 10.8 Å². The van der Waals surface area contributed by atoms with Crippen LogP contribution in [0, 0.1) is 5.92 Å². The number of sulfonamides is 1. The highest BCUT2D eigenvalue weighted by atomic mass is 32.2. The van der Waals surface area contributed by atoms with E-state index in [1.54, 1.807) is 19.4 Å². The molecule has 5 atom stereocenters. The Morgan fingerprint density at radius 3 is 2.75 bits per heavy atom. The van der Waals surface area contributed by atoms with Gasteiger partial charge < -0.3 is 25.4 Å². The molecule has 1 saturated heterocycles. The molecule has 2 aliphatic heterocycles. The number of carbonyl (C=O) groups excluding carboxylic acids is 3. The van der Waals surface area contributed by atoms with Crippen molar-refractivity contribution in [3.8, 4) is 11.6 Å². The topological polar surface area (TPSA) is 170 Å². The number of nitrogens with zero attached hydrogens (tertiary/aromatic N) is 2. The lowest BCUT2D eigenvalue weighted by Crippen LogP contribution is -2.57. The van der Waals surface area contributed by atoms with E-state index in [9.17, 15) is 22.8 Å². The van der Waals surface area contributed by atoms with Crippen LogP contribution in [-0.2, 0) is 24.4 Å². The Morgan fingerprint density at radius 2 is 1.98 bits per heavy atom. The summed E-state index contributed by atoms with van der Waals surface area (Å²) < 4.78 is 39.1. The van der Waals surface area contributed by atoms with Crippen molar-refractivity contribution in [2.75, 3.05) is 13.7 Å². The van der Waals surface area contributed by atoms with Crippen LogP contribution < -0.4 is 25.2 Å². The van der Waals surface area contributed by atoms with Gasteiger partial charge in [0.05, 0.1) is 24.9 Å². The number of aromatic nitrogens is 1. The van der Waals surface area contributed by atoms with Gasteiger partial charge in [0.25, 0.3) is 5.91 Å². The SMILES string of the molecule is COc1ccc2c(O[C@@H]3C[C@H]4C(=O)N[C@]5(C(=O)NS(=O)(=O)C6CC6)CC5/C=C\CCCCC[C@H](N)C(=O)N4C3)nccc2c1. The molecule has 13 heteroatoms. The molecule has 236 valence electrons. The van der Waals surface area contributed by atoms with E-state index in [1.165, 1.54) is 4.90 Å². The minimum Gasteiger partial charge on any atom is -0.497 e. The number of fused-ring (bicyclic) bond motifs is 3. The predicted octanol–water partition coefficient (Wildman–Crippen LogP) is 1.92. The van der Waals surface area contributed by atoms with Crippen LogP contribution in [0.15, 0.2) is 42.6 Å². The summed E-state index contributed by atoms with van der Waals surface area (Å²) in [6.07, 6.45) is 10.1. The quantitative estimate of drug-likeness (QED) is 0.406. The maximum absolute atomic E-state index is 13.9. The van der Waals surface area contributed by atoms with Gasteiger partial charge in [0.2, 0.25) is 27.7 Å². The maximum atomic E-state index is 13.9. The molecule has 0 spiro atoms. The third-order valence-electron chi connectivity index (χ3n) is 9.10. The van der Waals surface area contributed by atoms with Gasteiger partial charge in [0.1, 0.15) is 23.4 Å². The molecule has 0 bridgehead atoms. The van der Waals surface area contributed by atoms with Gasteiger partial charge in [-0.15, -0.1) is 0 Å². The second-order valence-electron chi connectivity index (χ2n) is 12.3. The summed E-state index contributed by atoms with van der Waals surface area (Å²) in [5, 5.41) is 3.90. The van der Waals surface area contributed by atoms with Crippen LogP contribution >= 0.6 is 0 Å². The number of hydrogen-bond acceptors (Lipinski definition) is 9. The van der Waals surface area contributed by atoms with Crippen molar-refractivity contribution in [3.63, 3.8) is 0 Å². The Morgan fingerprint density at radius 1 is 1.16 bits per heavy atom. The number of nitrogens with two attached hydrogens (primary N) is 1. The third-order valence-corrected chi connectivity index (χ3v) is 10.9. The molecule has 2 aliphatic carbocycles. The lowest BCUT2D eigenvalue weighted by Gasteiger charge is -2.28. The highest BCUT2D eigenvalue weighted by Gasteiger charge is 2.62. The summed E-state index contributed by atoms with van der Waals surface area (Å²) >= 11 is 0. The number of allylic oxidation sites excluding steroid dienone is 1. The fourth-order valence-electron chi connectivity index (χ4n) is 6.25. The minimum atomic E-state index is -3.82. The van der Waals surface area contributed by atoms with Gasteiger partial charge in [0, 0.05) is 23.9 Å². The number of carbonyl (C=O) groups is 3. The largest absolute Gasteiger partial charge is 0.497 e. The molecule has 1 aromatic heterocycles. The Balaban J connectivity index is 1.27. The normalized spacial score (nSPS) is 30.3. The van der Waals surface area contributed by atoms with Gasteiger partial charge in [-0.05, 0) is 68.2 Å². The van der Waals surface area contributed by atoms with E-state index in [4.69, 9.17) is 15.2 Å². The maximum Gasteiger partial charge on any atom is 0.259 e. The molecule has 3 fully saturated rings. The predicted molar refractivity (Wildman–Crippen MR) is 162 cm³/mol. The first kappa shape index (κ1) is 30.3. The average molecular weight is 626 g/mol. The summed E-state index contributed by atoms with van der Waals surface area (Å²) in [4.78, 5) is 46.9. The van der Waals surface area contributed by atoms with E-state index >= 15 is 0 Å². The summed E-state index contributed by atoms with van der Waals surface area (Å²) in [5.41, 5.74) is 4.93. The van der Waals surface area contributed by atoms with E-state index in [0.717, 1.165) is 36.5 Å². The fraction of sp³-hybridized carbons (Fsp3) is 0.548. The molecule has 6 rings (SSSR count). The zero-order valence-electron chi connectivity index (χ0n) is 24.7. The van der Waals surface area contributed by atoms with Gasteiger partial charge >= 0.3 is 0 Å². The van der Waals surface area contributed by atoms with Crippen molar-refractivity contribution in [3.05, 3.63) is 42.6 Å². The van der Waals surface area contributed by atoms with Crippen LogP contribution in [0.2, 0.25) is 0 Å². The number of nitrogens with one attached hydrogen (secondary N) is 2. The first-order chi connectivity index (χ1) is 21.1. The molecule has 1 aromatic carbocycles. The van der Waals surface area contributed by atoms with Crippen molar-refractivity contribution in [2.45, 2.75) is 86.8 Å². The van der Waals surface area contributed by atoms with Crippen LogP contribution in [0.1, 0.15) is 57.8 Å². The molecule has 4 aliphatic rings. The molecule has 12 nitrogen and oxygen atoms in total. The summed E-state index contributed by atoms with van der Waals surface area (Å²) in [6.45, 7) is 0.109. The van der Waals surface area contributed by atoms with Gasteiger partial charge in [-0.3, -0.25) is 19.1 Å². The van der Waals surface area contributed by atoms with Crippen LogP contribution in [-0.4, -0.2) is 78.7 Å². The number of amides is 3. The Kier molecular flexibility index (Phi) is 8.27. The molecule has 2 aromatic rings. The number of hydrogen-bond donors (Lipinski definition) is 3. The van der Waals surface area contributed by atoms with E-state index < -0.39 is 50.8 Å². The van der Waals surface area contributed by atoms with Crippen LogP contribution in [0.3, 0.4) is 0 Å². The summed E-state index contributed by atoms with van der Waals surface area (Å²) in [5.74, 6) is -0.952. The monoisotopic (exact) mass is 625 g/mol. The van der Waals surface area contributed by atoms with Crippen molar-refractivity contribution in [1.82, 2.24) is 19.9 Å². The zero-order chi connectivity index (χ0) is 31.1. The van der Waals surface area contributed by atoms with Gasteiger partial charge in [-0.25, -0.2) is 13.4 Å². The fourth-order valence-corrected chi connectivity index (χ4v) is 7.61. The molecule has 2 saturated carbocycles. The van der Waals surface area contributed by atoms with Crippen molar-refractivity contribution < 1.29 is 32.3 Å². The molecule has 0 radical (unpaired) electrons. The second-order valence-corrected chi connectivity index (χ2v) is 14.3. The van der Waals surface area contributed by atoms with Gasteiger partial charge in [-0.1, -0.05) is 25.0 Å². The Hall–Kier alpha value is -3.71. The van der Waals surface area contributed by atoms with Gasteiger partial charge in [0.15, 0.2) is 0 Å². The lowest BCUT2D eigenvalue weighted by atomic mass is 10.1. The Bertz CT molecular complexity index is 1590. The van der Waals surface area contributed by atoms with Crippen LogP contribution in [0.4, 0.5) is 0 Å². The molecule has 44 heavy (non-hydrogen) atoms. The summed E-state index contributed by atoms with van der Waals surface area (Å²) in [6, 6.07) is 5.61. The molecule has 3 heterocycles. The first-order valence-electron chi connectivity index (χ1n) is 15.3. The van der Waals surface area contributed by atoms with Crippen molar-refractivity contribution >= 4 is 38.5 Å². The smallest absolute Gasteiger partial charge is 0.259 e. The number of ether oxygens (including phenoxy) is 2. The minimum absolute atomic E-state index is 0.109. The van der Waals surface area contributed by atoms with E-state index in [1.807, 2.05) is 30.4 Å². The van der Waals surface area contributed by atoms with E-state index in [0.29, 0.717) is 30.9 Å². The second kappa shape index (κ2) is 12.0. The molecular formula is C31H39N5O7S. The van der Waals surface area contributed by atoms with E-state index in [-0.39, 0.29) is 31.2 Å². The Labute approximate surface area is 256 Å². The van der Waals surface area contributed by atoms with Gasteiger partial charge in [-0.2, -0.15) is 0 Å². The zero-order valence-corrected chi connectivity index (χ0v) is 25.6. The van der Waals surface area contributed by atoms with E-state index in [2.05, 4.69) is 15.0 Å². The van der Waals surface area contributed by atoms with Crippen molar-refractivity contribution in [1.29, 1.82) is 0 Å². The van der Waals surface area contributed by atoms with Crippen molar-refractivity contribution in [2.24, 2.45) is 11.7 Å². The first-order valence-corrected chi connectivity index (χ1v) is 16.9. The lowest BCUT2D eigenvalue weighted by molar-refractivity contribution is -0.140. The molecule has 4 N–H and O–H groups in total. The highest BCUT2D eigenvalue weighted by Crippen LogP contribution is 2.46. The number of rotatable bonds is 6. The third kappa shape index (κ3) is 6.12.